The number of carbonyl (C=O) groups is 2. The van der Waals surface area contributed by atoms with Crippen LogP contribution < -0.4 is 5.32 Å². The largest absolute Gasteiger partial charge is 0.384 e. The van der Waals surface area contributed by atoms with Gasteiger partial charge in [0, 0.05) is 26.6 Å². The number of carbonyl (C=O) groups excluding carboxylic acids is 2. The van der Waals surface area contributed by atoms with Gasteiger partial charge < -0.3 is 4.74 Å². The number of hydrogen-bond acceptors (Lipinski definition) is 3. The van der Waals surface area contributed by atoms with E-state index in [2.05, 4.69) is 5.32 Å². The molecule has 0 radical (unpaired) electrons. The molecule has 4 heteroatoms. The maximum Gasteiger partial charge on any atom is 0.226 e. The van der Waals surface area contributed by atoms with Crippen molar-refractivity contribution in [2.24, 2.45) is 11.8 Å². The number of amides is 2. The normalized spacial score (nSPS) is 21.4. The Balaban J connectivity index is 2.49. The Kier molecular flexibility index (Phi) is 3.42. The Morgan fingerprint density at radius 3 is 2.46 bits per heavy atom. The highest BCUT2D eigenvalue weighted by molar-refractivity contribution is 5.97. The van der Waals surface area contributed by atoms with Crippen molar-refractivity contribution < 1.29 is 14.3 Å². The van der Waals surface area contributed by atoms with Crippen molar-refractivity contribution in [1.82, 2.24) is 5.32 Å². The van der Waals surface area contributed by atoms with Crippen LogP contribution in [0.15, 0.2) is 0 Å². The van der Waals surface area contributed by atoms with Crippen molar-refractivity contribution in [3.8, 4) is 0 Å². The lowest BCUT2D eigenvalue weighted by molar-refractivity contribution is -0.135. The third kappa shape index (κ3) is 2.81. The van der Waals surface area contributed by atoms with Gasteiger partial charge in [0.05, 0.1) is 0 Å². The Morgan fingerprint density at radius 2 is 2.00 bits per heavy atom. The van der Waals surface area contributed by atoms with E-state index < -0.39 is 0 Å². The zero-order chi connectivity index (χ0) is 9.84. The molecule has 0 bridgehead atoms. The molecule has 13 heavy (non-hydrogen) atoms. The average molecular weight is 185 g/mol. The number of imide groups is 1. The zero-order valence-corrected chi connectivity index (χ0v) is 8.00. The van der Waals surface area contributed by atoms with Crippen LogP contribution in [0.4, 0.5) is 0 Å². The van der Waals surface area contributed by atoms with E-state index in [-0.39, 0.29) is 23.7 Å². The summed E-state index contributed by atoms with van der Waals surface area (Å²) in [5, 5.41) is 2.29. The van der Waals surface area contributed by atoms with Gasteiger partial charge in [0.15, 0.2) is 0 Å². The smallest absolute Gasteiger partial charge is 0.226 e. The van der Waals surface area contributed by atoms with Crippen molar-refractivity contribution >= 4 is 11.8 Å². The fraction of sp³-hybridized carbons (Fsp3) is 0.778. The first-order chi connectivity index (χ1) is 6.13. The minimum Gasteiger partial charge on any atom is -0.384 e. The van der Waals surface area contributed by atoms with Crippen molar-refractivity contribution in [1.29, 1.82) is 0 Å². The molecule has 0 aromatic carbocycles. The predicted octanol–water partition coefficient (Wildman–Crippen LogP) is 0.322. The Hall–Kier alpha value is -0.900. The fourth-order valence-corrected chi connectivity index (χ4v) is 1.61. The summed E-state index contributed by atoms with van der Waals surface area (Å²) in [6, 6.07) is 0. The van der Waals surface area contributed by atoms with E-state index in [1.165, 1.54) is 0 Å². The van der Waals surface area contributed by atoms with Crippen LogP contribution in [-0.2, 0) is 14.3 Å². The summed E-state index contributed by atoms with van der Waals surface area (Å²) in [5.74, 6) is 0.0783. The SMILES string of the molecule is COCC(C)C1CC(=O)NC(=O)C1. The number of piperidine rings is 1. The average Bonchev–Trinajstić information content (AvgIpc) is 2.03. The minimum atomic E-state index is -0.163. The Bertz CT molecular complexity index is 199. The van der Waals surface area contributed by atoms with Crippen LogP contribution in [0.1, 0.15) is 19.8 Å². The second-order valence-electron chi connectivity index (χ2n) is 3.57. The van der Waals surface area contributed by atoms with E-state index >= 15 is 0 Å². The number of rotatable bonds is 3. The summed E-state index contributed by atoms with van der Waals surface area (Å²) in [4.78, 5) is 22.0. The number of nitrogens with one attached hydrogen (secondary N) is 1. The Morgan fingerprint density at radius 1 is 1.46 bits per heavy atom. The molecule has 1 aliphatic heterocycles. The Labute approximate surface area is 77.6 Å². The van der Waals surface area contributed by atoms with Gasteiger partial charge in [0.2, 0.25) is 11.8 Å². The topological polar surface area (TPSA) is 55.4 Å². The van der Waals surface area contributed by atoms with E-state index in [4.69, 9.17) is 4.74 Å². The number of methoxy groups -OCH3 is 1. The van der Waals surface area contributed by atoms with Crippen LogP contribution in [0.5, 0.6) is 0 Å². The van der Waals surface area contributed by atoms with E-state index in [0.717, 1.165) is 0 Å². The van der Waals surface area contributed by atoms with Crippen molar-refractivity contribution in [2.45, 2.75) is 19.8 Å². The molecule has 1 unspecified atom stereocenters. The summed E-state index contributed by atoms with van der Waals surface area (Å²) >= 11 is 0. The van der Waals surface area contributed by atoms with Gasteiger partial charge in [-0.05, 0) is 11.8 Å². The van der Waals surface area contributed by atoms with E-state index in [1.807, 2.05) is 6.92 Å². The van der Waals surface area contributed by atoms with Crippen LogP contribution in [0.25, 0.3) is 0 Å². The number of ether oxygens (including phenoxy) is 1. The minimum absolute atomic E-state index is 0.140. The van der Waals surface area contributed by atoms with Gasteiger partial charge in [-0.2, -0.15) is 0 Å². The molecular weight excluding hydrogens is 170 g/mol. The molecule has 1 rings (SSSR count). The lowest BCUT2D eigenvalue weighted by Crippen LogP contribution is -2.41. The summed E-state index contributed by atoms with van der Waals surface area (Å²) in [5.41, 5.74) is 0. The standard InChI is InChI=1S/C9H15NO3/c1-6(5-13-2)7-3-8(11)10-9(12)4-7/h6-7H,3-5H2,1-2H3,(H,10,11,12). The fourth-order valence-electron chi connectivity index (χ4n) is 1.61. The molecule has 1 N–H and O–H groups in total. The lowest BCUT2D eigenvalue weighted by atomic mass is 9.86. The van der Waals surface area contributed by atoms with Crippen LogP contribution in [0.2, 0.25) is 0 Å². The molecule has 1 aliphatic rings. The van der Waals surface area contributed by atoms with E-state index in [0.29, 0.717) is 19.4 Å². The molecule has 0 saturated carbocycles. The van der Waals surface area contributed by atoms with Crippen molar-refractivity contribution in [3.63, 3.8) is 0 Å². The van der Waals surface area contributed by atoms with Gasteiger partial charge >= 0.3 is 0 Å². The number of hydrogen-bond donors (Lipinski definition) is 1. The van der Waals surface area contributed by atoms with E-state index in [9.17, 15) is 9.59 Å². The molecular formula is C9H15NO3. The summed E-state index contributed by atoms with van der Waals surface area (Å²) in [6.45, 7) is 2.60. The molecule has 4 nitrogen and oxygen atoms in total. The molecule has 0 aromatic heterocycles. The molecule has 1 heterocycles. The summed E-state index contributed by atoms with van der Waals surface area (Å²) in [6.07, 6.45) is 0.881. The highest BCUT2D eigenvalue weighted by Crippen LogP contribution is 2.22. The third-order valence-corrected chi connectivity index (χ3v) is 2.41. The van der Waals surface area contributed by atoms with Gasteiger partial charge in [0.1, 0.15) is 0 Å². The zero-order valence-electron chi connectivity index (χ0n) is 8.00. The van der Waals surface area contributed by atoms with Crippen LogP contribution >= 0.6 is 0 Å². The van der Waals surface area contributed by atoms with Gasteiger partial charge in [0.25, 0.3) is 0 Å². The van der Waals surface area contributed by atoms with Gasteiger partial charge in [-0.1, -0.05) is 6.92 Å². The van der Waals surface area contributed by atoms with E-state index in [1.54, 1.807) is 7.11 Å². The van der Waals surface area contributed by atoms with Crippen LogP contribution in [0.3, 0.4) is 0 Å². The van der Waals surface area contributed by atoms with Crippen molar-refractivity contribution in [2.75, 3.05) is 13.7 Å². The molecule has 0 spiro atoms. The van der Waals surface area contributed by atoms with Crippen molar-refractivity contribution in [3.05, 3.63) is 0 Å². The molecule has 1 saturated heterocycles. The summed E-state index contributed by atoms with van der Waals surface area (Å²) < 4.78 is 4.98. The quantitative estimate of drug-likeness (QED) is 0.644. The molecule has 74 valence electrons. The molecule has 2 amide bonds. The second kappa shape index (κ2) is 4.37. The maximum absolute atomic E-state index is 11.0. The second-order valence-corrected chi connectivity index (χ2v) is 3.57. The molecule has 0 aliphatic carbocycles. The molecule has 1 fully saturated rings. The first-order valence-corrected chi connectivity index (χ1v) is 4.45. The van der Waals surface area contributed by atoms with Crippen LogP contribution in [-0.4, -0.2) is 25.5 Å². The van der Waals surface area contributed by atoms with Gasteiger partial charge in [-0.3, -0.25) is 14.9 Å². The highest BCUT2D eigenvalue weighted by atomic mass is 16.5. The molecule has 1 atom stereocenters. The highest BCUT2D eigenvalue weighted by Gasteiger charge is 2.28. The summed E-state index contributed by atoms with van der Waals surface area (Å²) in [7, 11) is 1.63. The third-order valence-electron chi connectivity index (χ3n) is 2.41. The first kappa shape index (κ1) is 10.2. The first-order valence-electron chi connectivity index (χ1n) is 4.45. The van der Waals surface area contributed by atoms with Gasteiger partial charge in [-0.15, -0.1) is 0 Å². The predicted molar refractivity (Wildman–Crippen MR) is 46.9 cm³/mol. The lowest BCUT2D eigenvalue weighted by Gasteiger charge is -2.25. The molecule has 0 aromatic rings. The van der Waals surface area contributed by atoms with Crippen LogP contribution in [0, 0.1) is 11.8 Å². The van der Waals surface area contributed by atoms with Gasteiger partial charge in [-0.25, -0.2) is 0 Å². The monoisotopic (exact) mass is 185 g/mol. The maximum atomic E-state index is 11.0.